The van der Waals surface area contributed by atoms with Gasteiger partial charge in [0.25, 0.3) is 0 Å². The van der Waals surface area contributed by atoms with Crippen LogP contribution in [0.4, 0.5) is 0 Å². The molecule has 0 aliphatic carbocycles. The highest BCUT2D eigenvalue weighted by Gasteiger charge is 1.93. The summed E-state index contributed by atoms with van der Waals surface area (Å²) in [5.41, 5.74) is 5.25. The van der Waals surface area contributed by atoms with E-state index in [1.807, 2.05) is 11.9 Å². The Morgan fingerprint density at radius 2 is 2.22 bits per heavy atom. The Balaban J connectivity index is 3.04. The Morgan fingerprint density at radius 1 is 1.56 bits per heavy atom. The summed E-state index contributed by atoms with van der Waals surface area (Å²) in [5, 5.41) is 2.73. The second-order valence-corrected chi connectivity index (χ2v) is 1.94. The van der Waals surface area contributed by atoms with E-state index in [9.17, 15) is 4.91 Å². The van der Waals surface area contributed by atoms with Crippen LogP contribution in [-0.2, 0) is 0 Å². The third-order valence-electron chi connectivity index (χ3n) is 1.08. The zero-order valence-electron chi connectivity index (χ0n) is 5.71. The van der Waals surface area contributed by atoms with E-state index in [1.165, 1.54) is 0 Å². The zero-order chi connectivity index (χ0) is 7.11. The minimum absolute atomic E-state index is 0.358. The summed E-state index contributed by atoms with van der Waals surface area (Å²) in [6.45, 7) is 2.53. The molecule has 0 aliphatic rings. The zero-order valence-corrected chi connectivity index (χ0v) is 5.71. The molecule has 0 saturated heterocycles. The van der Waals surface area contributed by atoms with Gasteiger partial charge in [-0.2, -0.15) is 4.91 Å². The van der Waals surface area contributed by atoms with E-state index in [1.54, 1.807) is 0 Å². The van der Waals surface area contributed by atoms with E-state index in [4.69, 9.17) is 5.73 Å². The van der Waals surface area contributed by atoms with Crippen LogP contribution in [0.2, 0.25) is 0 Å². The maximum absolute atomic E-state index is 9.61. The number of hydrogen-bond acceptors (Lipinski definition) is 4. The number of nitrogens with zero attached hydrogens (tertiary/aromatic N) is 2. The van der Waals surface area contributed by atoms with Gasteiger partial charge in [-0.15, -0.1) is 0 Å². The smallest absolute Gasteiger partial charge is 0.0938 e. The van der Waals surface area contributed by atoms with Gasteiger partial charge in [-0.05, 0) is 7.05 Å². The molecule has 0 aromatic heterocycles. The summed E-state index contributed by atoms with van der Waals surface area (Å²) >= 11 is 0. The van der Waals surface area contributed by atoms with Crippen molar-refractivity contribution in [2.45, 2.75) is 0 Å². The summed E-state index contributed by atoms with van der Waals surface area (Å²) in [5.74, 6) is 0. The van der Waals surface area contributed by atoms with E-state index in [2.05, 4.69) is 5.18 Å². The highest BCUT2D eigenvalue weighted by molar-refractivity contribution is 4.52. The lowest BCUT2D eigenvalue weighted by Crippen LogP contribution is -2.27. The predicted molar refractivity (Wildman–Crippen MR) is 37.2 cm³/mol. The summed E-state index contributed by atoms with van der Waals surface area (Å²) < 4.78 is 0. The van der Waals surface area contributed by atoms with E-state index in [-0.39, 0.29) is 0 Å². The third kappa shape index (κ3) is 5.39. The summed E-state index contributed by atoms with van der Waals surface area (Å²) in [6, 6.07) is 0. The first-order chi connectivity index (χ1) is 4.31. The molecule has 0 aromatic rings. The molecular weight excluding hydrogens is 118 g/mol. The van der Waals surface area contributed by atoms with Crippen molar-refractivity contribution in [1.82, 2.24) is 4.90 Å². The summed E-state index contributed by atoms with van der Waals surface area (Å²) in [7, 11) is 1.91. The number of likely N-dealkylation sites (N-methyl/N-ethyl adjacent to an activating group) is 1. The Labute approximate surface area is 55.0 Å². The lowest BCUT2D eigenvalue weighted by molar-refractivity contribution is 0.353. The monoisotopic (exact) mass is 131 g/mol. The lowest BCUT2D eigenvalue weighted by atomic mass is 10.5. The van der Waals surface area contributed by atoms with Crippen LogP contribution in [0.15, 0.2) is 5.18 Å². The molecule has 0 heterocycles. The van der Waals surface area contributed by atoms with Gasteiger partial charge >= 0.3 is 0 Å². The van der Waals surface area contributed by atoms with Gasteiger partial charge in [-0.3, -0.25) is 0 Å². The molecule has 0 saturated carbocycles. The first-order valence-corrected chi connectivity index (χ1v) is 2.99. The average molecular weight is 131 g/mol. The van der Waals surface area contributed by atoms with Gasteiger partial charge in [-0.25, -0.2) is 0 Å². The van der Waals surface area contributed by atoms with E-state index < -0.39 is 0 Å². The highest BCUT2D eigenvalue weighted by atomic mass is 16.3. The molecule has 0 fully saturated rings. The molecule has 9 heavy (non-hydrogen) atoms. The Hall–Kier alpha value is -0.480. The van der Waals surface area contributed by atoms with Crippen LogP contribution in [0.1, 0.15) is 0 Å². The van der Waals surface area contributed by atoms with Gasteiger partial charge in [-0.1, -0.05) is 5.18 Å². The second-order valence-electron chi connectivity index (χ2n) is 1.94. The molecule has 0 amide bonds. The molecule has 4 heteroatoms. The molecule has 0 unspecified atom stereocenters. The van der Waals surface area contributed by atoms with Crippen LogP contribution in [0.3, 0.4) is 0 Å². The van der Waals surface area contributed by atoms with Crippen molar-refractivity contribution in [2.24, 2.45) is 10.9 Å². The van der Waals surface area contributed by atoms with Crippen LogP contribution in [0, 0.1) is 4.91 Å². The van der Waals surface area contributed by atoms with E-state index in [0.717, 1.165) is 6.54 Å². The van der Waals surface area contributed by atoms with Crippen molar-refractivity contribution in [3.8, 4) is 0 Å². The third-order valence-corrected chi connectivity index (χ3v) is 1.08. The topological polar surface area (TPSA) is 58.7 Å². The molecule has 54 valence electrons. The number of rotatable bonds is 5. The van der Waals surface area contributed by atoms with Crippen LogP contribution < -0.4 is 5.73 Å². The molecule has 0 aromatic carbocycles. The molecule has 0 aliphatic heterocycles. The SMILES string of the molecule is CN(CCN)CCN=O. The van der Waals surface area contributed by atoms with Gasteiger partial charge in [0.05, 0.1) is 6.54 Å². The molecule has 2 N–H and O–H groups in total. The van der Waals surface area contributed by atoms with Crippen molar-refractivity contribution >= 4 is 0 Å². The van der Waals surface area contributed by atoms with Crippen molar-refractivity contribution < 1.29 is 0 Å². The minimum atomic E-state index is 0.358. The van der Waals surface area contributed by atoms with Crippen LogP contribution in [0.25, 0.3) is 0 Å². The lowest BCUT2D eigenvalue weighted by Gasteiger charge is -2.11. The molecule has 0 radical (unpaired) electrons. The first-order valence-electron chi connectivity index (χ1n) is 2.99. The van der Waals surface area contributed by atoms with Crippen LogP contribution in [-0.4, -0.2) is 38.1 Å². The highest BCUT2D eigenvalue weighted by Crippen LogP contribution is 1.78. The molecule has 0 rings (SSSR count). The number of nitrogens with two attached hydrogens (primary N) is 1. The largest absolute Gasteiger partial charge is 0.329 e. The standard InChI is InChI=1S/C5H13N3O/c1-8(4-2-6)5-3-7-9/h2-6H2,1H3. The van der Waals surface area contributed by atoms with Crippen LogP contribution >= 0.6 is 0 Å². The summed E-state index contributed by atoms with van der Waals surface area (Å²) in [4.78, 5) is 11.6. The van der Waals surface area contributed by atoms with Crippen molar-refractivity contribution in [2.75, 3.05) is 33.2 Å². The fourth-order valence-corrected chi connectivity index (χ4v) is 0.544. The predicted octanol–water partition coefficient (Wildman–Crippen LogP) is -0.357. The normalized spacial score (nSPS) is 10.1. The Kier molecular flexibility index (Phi) is 5.35. The van der Waals surface area contributed by atoms with Crippen LogP contribution in [0.5, 0.6) is 0 Å². The van der Waals surface area contributed by atoms with E-state index in [0.29, 0.717) is 19.6 Å². The molecule has 0 spiro atoms. The second kappa shape index (κ2) is 5.65. The van der Waals surface area contributed by atoms with Gasteiger partial charge in [0.15, 0.2) is 0 Å². The molecular formula is C5H13N3O. The van der Waals surface area contributed by atoms with E-state index >= 15 is 0 Å². The van der Waals surface area contributed by atoms with Gasteiger partial charge in [0.1, 0.15) is 0 Å². The first kappa shape index (κ1) is 8.52. The minimum Gasteiger partial charge on any atom is -0.329 e. The number of nitroso groups, excluding NO2 is 1. The van der Waals surface area contributed by atoms with Gasteiger partial charge in [0.2, 0.25) is 0 Å². The number of hydrogen-bond donors (Lipinski definition) is 1. The fourth-order valence-electron chi connectivity index (χ4n) is 0.544. The van der Waals surface area contributed by atoms with Crippen molar-refractivity contribution in [3.63, 3.8) is 0 Å². The molecule has 0 bridgehead atoms. The Morgan fingerprint density at radius 3 is 2.67 bits per heavy atom. The van der Waals surface area contributed by atoms with Crippen molar-refractivity contribution in [1.29, 1.82) is 0 Å². The van der Waals surface area contributed by atoms with Gasteiger partial charge < -0.3 is 10.6 Å². The van der Waals surface area contributed by atoms with Crippen molar-refractivity contribution in [3.05, 3.63) is 4.91 Å². The average Bonchev–Trinajstić information content (AvgIpc) is 1.85. The van der Waals surface area contributed by atoms with Gasteiger partial charge in [0, 0.05) is 19.6 Å². The molecule has 0 atom stereocenters. The maximum atomic E-state index is 9.61. The maximum Gasteiger partial charge on any atom is 0.0938 e. The fraction of sp³-hybridized carbons (Fsp3) is 1.00. The summed E-state index contributed by atoms with van der Waals surface area (Å²) in [6.07, 6.45) is 0. The quantitative estimate of drug-likeness (QED) is 0.518. The Bertz CT molecular complexity index is 76.6. The molecule has 4 nitrogen and oxygen atoms in total.